The average Bonchev–Trinajstić information content (AvgIpc) is 3.12. The summed E-state index contributed by atoms with van der Waals surface area (Å²) in [6.45, 7) is 1.50. The Morgan fingerprint density at radius 1 is 0.969 bits per heavy atom. The van der Waals surface area contributed by atoms with Crippen LogP contribution in [-0.2, 0) is 14.8 Å². The minimum Gasteiger partial charge on any atom is -0.379 e. The second-order valence-electron chi connectivity index (χ2n) is 7.56. The summed E-state index contributed by atoms with van der Waals surface area (Å²) in [5, 5.41) is 3.38. The van der Waals surface area contributed by atoms with Gasteiger partial charge in [0.25, 0.3) is 5.91 Å². The van der Waals surface area contributed by atoms with Crippen molar-refractivity contribution in [1.29, 1.82) is 0 Å². The van der Waals surface area contributed by atoms with E-state index in [2.05, 4.69) is 10.3 Å². The van der Waals surface area contributed by atoms with E-state index in [1.54, 1.807) is 53.7 Å². The minimum absolute atomic E-state index is 0.113. The number of aromatic nitrogens is 1. The molecule has 1 amide bonds. The number of rotatable bonds is 5. The Morgan fingerprint density at radius 3 is 2.44 bits per heavy atom. The van der Waals surface area contributed by atoms with E-state index >= 15 is 0 Å². The van der Waals surface area contributed by atoms with Crippen LogP contribution < -0.4 is 10.2 Å². The number of amides is 1. The molecule has 0 unspecified atom stereocenters. The Morgan fingerprint density at radius 2 is 1.72 bits per heavy atom. The number of anilines is 2. The van der Waals surface area contributed by atoms with Crippen molar-refractivity contribution in [2.45, 2.75) is 11.1 Å². The summed E-state index contributed by atoms with van der Waals surface area (Å²) in [4.78, 5) is 19.2. The number of ether oxygens (including phenoxy) is 1. The minimum atomic E-state index is -3.56. The molecular formula is C23H22N4O4S. The summed E-state index contributed by atoms with van der Waals surface area (Å²) in [7, 11) is -3.56. The topological polar surface area (TPSA) is 91.8 Å². The molecule has 0 bridgehead atoms. The molecule has 3 heterocycles. The van der Waals surface area contributed by atoms with Crippen molar-refractivity contribution in [1.82, 2.24) is 9.29 Å². The van der Waals surface area contributed by atoms with Crippen molar-refractivity contribution in [3.63, 3.8) is 0 Å². The fourth-order valence-electron chi connectivity index (χ4n) is 4.04. The molecule has 5 rings (SSSR count). The molecule has 3 aromatic rings. The van der Waals surface area contributed by atoms with E-state index in [0.29, 0.717) is 43.2 Å². The zero-order valence-corrected chi connectivity index (χ0v) is 18.0. The Bertz CT molecular complexity index is 1230. The maximum Gasteiger partial charge on any atom is 0.260 e. The highest BCUT2D eigenvalue weighted by Crippen LogP contribution is 2.37. The van der Waals surface area contributed by atoms with Crippen molar-refractivity contribution in [3.05, 3.63) is 84.2 Å². The molecule has 1 N–H and O–H groups in total. The first-order chi connectivity index (χ1) is 15.6. The number of carbonyl (C=O) groups excluding carboxylic acids is 1. The number of nitrogens with one attached hydrogen (secondary N) is 1. The van der Waals surface area contributed by atoms with Crippen LogP contribution in [-0.4, -0.2) is 49.9 Å². The molecule has 2 aromatic carbocycles. The van der Waals surface area contributed by atoms with Crippen molar-refractivity contribution < 1.29 is 17.9 Å². The number of fused-ring (bicyclic) bond motifs is 1. The van der Waals surface area contributed by atoms with Crippen LogP contribution in [0.2, 0.25) is 0 Å². The van der Waals surface area contributed by atoms with Gasteiger partial charge in [-0.3, -0.25) is 14.7 Å². The number of morpholine rings is 1. The van der Waals surface area contributed by atoms with Gasteiger partial charge in [0.15, 0.2) is 0 Å². The first kappa shape index (κ1) is 20.6. The molecule has 0 saturated carbocycles. The van der Waals surface area contributed by atoms with Gasteiger partial charge >= 0.3 is 0 Å². The lowest BCUT2D eigenvalue weighted by Crippen LogP contribution is -2.40. The van der Waals surface area contributed by atoms with Gasteiger partial charge in [0, 0.05) is 36.1 Å². The number of hydrogen-bond acceptors (Lipinski definition) is 6. The quantitative estimate of drug-likeness (QED) is 0.643. The van der Waals surface area contributed by atoms with Crippen LogP contribution in [0.4, 0.5) is 11.4 Å². The summed E-state index contributed by atoms with van der Waals surface area (Å²) < 4.78 is 32.4. The van der Waals surface area contributed by atoms with Crippen molar-refractivity contribution in [3.8, 4) is 0 Å². The Hall–Kier alpha value is -3.27. The van der Waals surface area contributed by atoms with Gasteiger partial charge in [-0.05, 0) is 42.5 Å². The molecule has 0 radical (unpaired) electrons. The molecule has 1 aromatic heterocycles. The van der Waals surface area contributed by atoms with Gasteiger partial charge in [0.05, 0.1) is 30.0 Å². The number of carbonyl (C=O) groups is 1. The summed E-state index contributed by atoms with van der Waals surface area (Å²) in [6, 6.07) is 17.7. The van der Waals surface area contributed by atoms with Crippen molar-refractivity contribution >= 4 is 27.3 Å². The molecule has 9 heteroatoms. The van der Waals surface area contributed by atoms with Gasteiger partial charge in [-0.2, -0.15) is 4.31 Å². The van der Waals surface area contributed by atoms with Crippen molar-refractivity contribution in [2.24, 2.45) is 0 Å². The fraction of sp³-hybridized carbons (Fsp3) is 0.217. The van der Waals surface area contributed by atoms with Gasteiger partial charge in [-0.25, -0.2) is 8.42 Å². The van der Waals surface area contributed by atoms with Crippen molar-refractivity contribution in [2.75, 3.05) is 36.5 Å². The zero-order valence-electron chi connectivity index (χ0n) is 17.2. The van der Waals surface area contributed by atoms with E-state index in [0.717, 1.165) is 5.56 Å². The van der Waals surface area contributed by atoms with Crippen LogP contribution in [0.3, 0.4) is 0 Å². The lowest BCUT2D eigenvalue weighted by atomic mass is 10.1. The number of sulfonamides is 1. The molecule has 2 aliphatic heterocycles. The first-order valence-electron chi connectivity index (χ1n) is 10.3. The highest BCUT2D eigenvalue weighted by atomic mass is 32.2. The Labute approximate surface area is 186 Å². The molecule has 1 saturated heterocycles. The molecule has 1 atom stereocenters. The predicted molar refractivity (Wildman–Crippen MR) is 120 cm³/mol. The van der Waals surface area contributed by atoms with E-state index < -0.39 is 16.2 Å². The average molecular weight is 451 g/mol. The molecule has 32 heavy (non-hydrogen) atoms. The zero-order chi connectivity index (χ0) is 22.1. The summed E-state index contributed by atoms with van der Waals surface area (Å²) >= 11 is 0. The van der Waals surface area contributed by atoms with E-state index in [9.17, 15) is 13.2 Å². The molecule has 1 fully saturated rings. The number of nitrogens with zero attached hydrogens (tertiary/aromatic N) is 3. The largest absolute Gasteiger partial charge is 0.379 e. The lowest BCUT2D eigenvalue weighted by molar-refractivity contribution is 0.0730. The molecule has 0 aliphatic carbocycles. The van der Waals surface area contributed by atoms with Crippen LogP contribution in [0.25, 0.3) is 0 Å². The maximum atomic E-state index is 13.1. The molecule has 0 spiro atoms. The van der Waals surface area contributed by atoms with Crippen LogP contribution in [0.1, 0.15) is 22.1 Å². The van der Waals surface area contributed by atoms with E-state index in [4.69, 9.17) is 4.74 Å². The van der Waals surface area contributed by atoms with Crippen LogP contribution >= 0.6 is 0 Å². The monoisotopic (exact) mass is 450 g/mol. The highest BCUT2D eigenvalue weighted by molar-refractivity contribution is 7.89. The SMILES string of the molecule is O=C1c2ccccc2[C@@H](Nc2ccc(S(=O)(=O)N3CCOCC3)cc2)N1c1cccnc1. The number of pyridine rings is 1. The third kappa shape index (κ3) is 3.64. The maximum absolute atomic E-state index is 13.1. The van der Waals surface area contributed by atoms with E-state index in [1.165, 1.54) is 4.31 Å². The smallest absolute Gasteiger partial charge is 0.260 e. The van der Waals surface area contributed by atoms with E-state index in [1.807, 2.05) is 24.3 Å². The molecule has 8 nitrogen and oxygen atoms in total. The predicted octanol–water partition coefficient (Wildman–Crippen LogP) is 2.87. The van der Waals surface area contributed by atoms with Crippen LogP contribution in [0, 0.1) is 0 Å². The fourth-order valence-corrected chi connectivity index (χ4v) is 5.45. The highest BCUT2D eigenvalue weighted by Gasteiger charge is 2.37. The van der Waals surface area contributed by atoms with Gasteiger partial charge in [-0.15, -0.1) is 0 Å². The third-order valence-corrected chi connectivity index (χ3v) is 7.57. The first-order valence-corrected chi connectivity index (χ1v) is 11.8. The van der Waals surface area contributed by atoms with Gasteiger partial charge in [-0.1, -0.05) is 18.2 Å². The second kappa shape index (κ2) is 8.34. The summed E-state index contributed by atoms with van der Waals surface area (Å²) in [5.41, 5.74) is 2.86. The van der Waals surface area contributed by atoms with Crippen LogP contribution in [0.5, 0.6) is 0 Å². The standard InChI is InChI=1S/C23H22N4O4S/c28-23-21-6-2-1-5-20(21)22(27(23)18-4-3-11-24-16-18)25-17-7-9-19(10-8-17)32(29,30)26-12-14-31-15-13-26/h1-11,16,22,25H,12-15H2/t22-/m0/s1. The number of hydrogen-bond donors (Lipinski definition) is 1. The van der Waals surface area contributed by atoms with Crippen LogP contribution in [0.15, 0.2) is 78.0 Å². The van der Waals surface area contributed by atoms with Gasteiger partial charge < -0.3 is 10.1 Å². The lowest BCUT2D eigenvalue weighted by Gasteiger charge is -2.27. The summed E-state index contributed by atoms with van der Waals surface area (Å²) in [5.74, 6) is -0.113. The number of benzene rings is 2. The normalized spacial score (nSPS) is 19.1. The molecule has 2 aliphatic rings. The second-order valence-corrected chi connectivity index (χ2v) is 9.50. The molecular weight excluding hydrogens is 428 g/mol. The Balaban J connectivity index is 1.44. The van der Waals surface area contributed by atoms with Gasteiger partial charge in [0.1, 0.15) is 6.17 Å². The third-order valence-electron chi connectivity index (χ3n) is 5.65. The Kier molecular flexibility index (Phi) is 5.38. The van der Waals surface area contributed by atoms with E-state index in [-0.39, 0.29) is 10.8 Å². The summed E-state index contributed by atoms with van der Waals surface area (Å²) in [6.07, 6.45) is 2.87. The molecule has 164 valence electrons. The van der Waals surface area contributed by atoms with Gasteiger partial charge in [0.2, 0.25) is 10.0 Å².